The molecule has 4 unspecified atom stereocenters. The van der Waals surface area contributed by atoms with Crippen molar-refractivity contribution in [3.63, 3.8) is 0 Å². The molecule has 1 aliphatic heterocycles. The van der Waals surface area contributed by atoms with E-state index >= 15 is 0 Å². The van der Waals surface area contributed by atoms with Gasteiger partial charge in [-0.25, -0.2) is 0 Å². The molecular weight excluding hydrogens is 370 g/mol. The lowest BCUT2D eigenvalue weighted by molar-refractivity contribution is 0.0219. The first kappa shape index (κ1) is 23.3. The summed E-state index contributed by atoms with van der Waals surface area (Å²) in [5.41, 5.74) is 0. The minimum absolute atomic E-state index is 0.0379. The van der Waals surface area contributed by atoms with E-state index in [2.05, 4.69) is 0 Å². The van der Waals surface area contributed by atoms with Crippen molar-refractivity contribution in [3.05, 3.63) is 0 Å². The van der Waals surface area contributed by atoms with Crippen LogP contribution in [0, 0.1) is 0 Å². The van der Waals surface area contributed by atoms with Crippen molar-refractivity contribution in [3.8, 4) is 0 Å². The average molecular weight is 402 g/mol. The minimum Gasteiger partial charge on any atom is -0.388 e. The summed E-state index contributed by atoms with van der Waals surface area (Å²) in [5, 5.41) is 19.4. The lowest BCUT2D eigenvalue weighted by atomic mass is 10.1. The fourth-order valence-corrected chi connectivity index (χ4v) is 8.77. The second-order valence-electron chi connectivity index (χ2n) is 6.73. The molecule has 0 bridgehead atoms. The second-order valence-corrected chi connectivity index (χ2v) is 11.8. The fourth-order valence-electron chi connectivity index (χ4n) is 2.65. The molecule has 1 saturated heterocycles. The quantitative estimate of drug-likeness (QED) is 0.508. The molecule has 2 N–H and O–H groups in total. The molecule has 1 aliphatic rings. The molecule has 4 atom stereocenters. The van der Waals surface area contributed by atoms with Gasteiger partial charge in [-0.05, 0) is 41.0 Å². The monoisotopic (exact) mass is 402 g/mol. The normalized spacial score (nSPS) is 27.2. The number of hydrogen-bond donors (Lipinski definition) is 2. The van der Waals surface area contributed by atoms with Gasteiger partial charge >= 0.3 is 7.60 Å². The summed E-state index contributed by atoms with van der Waals surface area (Å²) in [6.45, 7) is 8.85. The summed E-state index contributed by atoms with van der Waals surface area (Å²) in [7, 11) is -6.95. The maximum absolute atomic E-state index is 13.2. The lowest BCUT2D eigenvalue weighted by Gasteiger charge is -2.27. The summed E-state index contributed by atoms with van der Waals surface area (Å²) in [6, 6.07) is 0. The van der Waals surface area contributed by atoms with Gasteiger partial charge in [-0.1, -0.05) is 0 Å². The van der Waals surface area contributed by atoms with Crippen molar-refractivity contribution in [2.24, 2.45) is 0 Å². The van der Waals surface area contributed by atoms with Crippen molar-refractivity contribution < 1.29 is 37.7 Å². The highest BCUT2D eigenvalue weighted by atomic mass is 31.2. The first-order chi connectivity index (χ1) is 11.5. The average Bonchev–Trinajstić information content (AvgIpc) is 2.74. The molecule has 0 aromatic rings. The molecule has 0 aromatic carbocycles. The minimum atomic E-state index is -3.61. The van der Waals surface area contributed by atoms with E-state index in [0.717, 1.165) is 0 Å². The van der Waals surface area contributed by atoms with E-state index in [9.17, 15) is 19.3 Å². The second kappa shape index (κ2) is 9.95. The van der Waals surface area contributed by atoms with E-state index in [1.807, 2.05) is 0 Å². The summed E-state index contributed by atoms with van der Waals surface area (Å²) >= 11 is 0. The van der Waals surface area contributed by atoms with Crippen LogP contribution in [0.1, 0.15) is 41.0 Å². The van der Waals surface area contributed by atoms with Crippen LogP contribution >= 0.6 is 15.0 Å². The molecule has 8 nitrogen and oxygen atoms in total. The predicted molar refractivity (Wildman–Crippen MR) is 95.4 cm³/mol. The van der Waals surface area contributed by atoms with Crippen LogP contribution in [0.15, 0.2) is 0 Å². The maximum atomic E-state index is 13.2. The largest absolute Gasteiger partial charge is 0.388 e. The van der Waals surface area contributed by atoms with E-state index in [0.29, 0.717) is 0 Å². The SMILES string of the molecule is CCOP(=O)(CCC1OCC(O)C1O)CP(=O)(OC(C)C)OC(C)C. The van der Waals surface area contributed by atoms with Crippen LogP contribution in [-0.2, 0) is 27.4 Å². The topological polar surface area (TPSA) is 112 Å². The zero-order valence-electron chi connectivity index (χ0n) is 15.7. The number of aliphatic hydroxyl groups excluding tert-OH is 2. The van der Waals surface area contributed by atoms with E-state index in [1.165, 1.54) is 0 Å². The first-order valence-electron chi connectivity index (χ1n) is 8.66. The Kier molecular flexibility index (Phi) is 9.26. The zero-order valence-corrected chi connectivity index (χ0v) is 17.4. The molecule has 0 aromatic heterocycles. The summed E-state index contributed by atoms with van der Waals surface area (Å²) in [5.74, 6) is -0.324. The molecule has 0 amide bonds. The predicted octanol–water partition coefficient (Wildman–Crippen LogP) is 2.81. The van der Waals surface area contributed by atoms with Crippen molar-refractivity contribution >= 4 is 15.0 Å². The highest BCUT2D eigenvalue weighted by Crippen LogP contribution is 2.64. The van der Waals surface area contributed by atoms with Crippen LogP contribution in [0.5, 0.6) is 0 Å². The lowest BCUT2D eigenvalue weighted by Crippen LogP contribution is -2.30. The van der Waals surface area contributed by atoms with Crippen LogP contribution in [0.2, 0.25) is 0 Å². The zero-order chi connectivity index (χ0) is 19.3. The Bertz CT molecular complexity index is 482. The maximum Gasteiger partial charge on any atom is 0.340 e. The van der Waals surface area contributed by atoms with Crippen molar-refractivity contribution in [1.82, 2.24) is 0 Å². The third kappa shape index (κ3) is 7.77. The van der Waals surface area contributed by atoms with Crippen LogP contribution in [0.4, 0.5) is 0 Å². The molecule has 0 saturated carbocycles. The van der Waals surface area contributed by atoms with Crippen molar-refractivity contribution in [2.75, 3.05) is 25.3 Å². The Morgan fingerprint density at radius 2 is 1.68 bits per heavy atom. The summed E-state index contributed by atoms with van der Waals surface area (Å²) in [6.07, 6.45) is -3.03. The number of hydrogen-bond acceptors (Lipinski definition) is 8. The van der Waals surface area contributed by atoms with Crippen LogP contribution in [0.25, 0.3) is 0 Å². The van der Waals surface area contributed by atoms with Crippen molar-refractivity contribution in [1.29, 1.82) is 0 Å². The van der Waals surface area contributed by atoms with Gasteiger partial charge in [0.25, 0.3) is 0 Å². The molecule has 0 spiro atoms. The molecular formula is C15H32O8P2. The molecule has 0 aliphatic carbocycles. The number of rotatable bonds is 11. The Balaban J connectivity index is 2.83. The van der Waals surface area contributed by atoms with Gasteiger partial charge in [0.15, 0.2) is 0 Å². The smallest absolute Gasteiger partial charge is 0.340 e. The van der Waals surface area contributed by atoms with E-state index in [1.54, 1.807) is 34.6 Å². The highest BCUT2D eigenvalue weighted by molar-refractivity contribution is 7.73. The molecule has 1 heterocycles. The first-order valence-corrected chi connectivity index (χ1v) is 12.4. The van der Waals surface area contributed by atoms with Gasteiger partial charge in [0.05, 0.1) is 31.5 Å². The van der Waals surface area contributed by atoms with Crippen molar-refractivity contribution in [2.45, 2.75) is 71.6 Å². The fraction of sp³-hybridized carbons (Fsp3) is 1.00. The van der Waals surface area contributed by atoms with Gasteiger partial charge in [-0.2, -0.15) is 0 Å². The van der Waals surface area contributed by atoms with Gasteiger partial charge in [0, 0.05) is 6.16 Å². The number of ether oxygens (including phenoxy) is 1. The van der Waals surface area contributed by atoms with Gasteiger partial charge in [-0.3, -0.25) is 9.13 Å². The molecule has 10 heteroatoms. The highest BCUT2D eigenvalue weighted by Gasteiger charge is 2.41. The molecule has 25 heavy (non-hydrogen) atoms. The van der Waals surface area contributed by atoms with E-state index < -0.39 is 33.3 Å². The van der Waals surface area contributed by atoms with Gasteiger partial charge in [0.2, 0.25) is 7.37 Å². The standard InChI is InChI=1S/C15H32O8P2/c1-6-21-24(18,8-7-14-15(17)13(16)9-20-14)10-25(19,22-11(2)3)23-12(4)5/h11-17H,6-10H2,1-5H3. The van der Waals surface area contributed by atoms with Gasteiger partial charge in [-0.15, -0.1) is 0 Å². The Morgan fingerprint density at radius 1 is 1.12 bits per heavy atom. The molecule has 150 valence electrons. The third-order valence-corrected chi connectivity index (χ3v) is 9.77. The Morgan fingerprint density at radius 3 is 2.08 bits per heavy atom. The summed E-state index contributed by atoms with van der Waals surface area (Å²) in [4.78, 5) is 0. The molecule has 1 rings (SSSR count). The van der Waals surface area contributed by atoms with Crippen LogP contribution < -0.4 is 0 Å². The number of aliphatic hydroxyl groups is 2. The summed E-state index contributed by atoms with van der Waals surface area (Å²) < 4.78 is 47.9. The Labute approximate surface area is 150 Å². The third-order valence-electron chi connectivity index (χ3n) is 3.51. The Hall–Kier alpha value is 0.220. The van der Waals surface area contributed by atoms with E-state index in [-0.39, 0.29) is 43.9 Å². The van der Waals surface area contributed by atoms with Crippen LogP contribution in [-0.4, -0.2) is 66.0 Å². The van der Waals surface area contributed by atoms with E-state index in [4.69, 9.17) is 18.3 Å². The van der Waals surface area contributed by atoms with Gasteiger partial charge < -0.3 is 28.5 Å². The van der Waals surface area contributed by atoms with Crippen LogP contribution in [0.3, 0.4) is 0 Å². The van der Waals surface area contributed by atoms with Gasteiger partial charge in [0.1, 0.15) is 18.1 Å². The molecule has 1 fully saturated rings. The molecule has 0 radical (unpaired) electrons.